The number of fused-ring (bicyclic) bond motifs is 12. The maximum absolute atomic E-state index is 6.99. The number of hydrogen-bond acceptors (Lipinski definition) is 5. The highest BCUT2D eigenvalue weighted by atomic mass is 16.3. The Bertz CT molecular complexity index is 3580. The number of para-hydroxylation sites is 2. The molecule has 58 heavy (non-hydrogen) atoms. The lowest BCUT2D eigenvalue weighted by molar-refractivity contribution is 0.667. The first-order chi connectivity index (χ1) is 28.8. The monoisotopic (exact) mass is 742 g/mol. The van der Waals surface area contributed by atoms with Crippen molar-refractivity contribution >= 4 is 65.6 Å². The zero-order valence-corrected chi connectivity index (χ0v) is 31.0. The molecule has 7 aromatic heterocycles. The molecule has 13 rings (SSSR count). The van der Waals surface area contributed by atoms with Crippen LogP contribution in [0.4, 0.5) is 0 Å². The molecular weight excluding hydrogens is 713 g/mol. The zero-order valence-electron chi connectivity index (χ0n) is 31.0. The van der Waals surface area contributed by atoms with Crippen LogP contribution in [0.15, 0.2) is 175 Å². The summed E-state index contributed by atoms with van der Waals surface area (Å²) < 4.78 is 11.6. The minimum atomic E-state index is 0.818. The summed E-state index contributed by atoms with van der Waals surface area (Å²) >= 11 is 0. The van der Waals surface area contributed by atoms with Crippen LogP contribution >= 0.6 is 0 Å². The van der Waals surface area contributed by atoms with Gasteiger partial charge < -0.3 is 13.6 Å². The van der Waals surface area contributed by atoms with E-state index in [4.69, 9.17) is 4.42 Å². The lowest BCUT2D eigenvalue weighted by Crippen LogP contribution is -1.99. The predicted octanol–water partition coefficient (Wildman–Crippen LogP) is 12.3. The molecule has 270 valence electrons. The smallest absolute Gasteiger partial charge is 0.159 e. The summed E-state index contributed by atoms with van der Waals surface area (Å²) in [7, 11) is 0. The fourth-order valence-corrected chi connectivity index (χ4v) is 9.71. The van der Waals surface area contributed by atoms with Crippen LogP contribution in [0.3, 0.4) is 0 Å². The van der Waals surface area contributed by atoms with Crippen LogP contribution in [-0.4, -0.2) is 29.1 Å². The number of furan rings is 1. The molecule has 0 spiro atoms. The lowest BCUT2D eigenvalue weighted by atomic mass is 9.93. The summed E-state index contributed by atoms with van der Waals surface area (Å²) in [5.41, 5.74) is 17.8. The number of aromatic nitrogens is 6. The Labute approximate surface area is 331 Å². The zero-order chi connectivity index (χ0) is 37.9. The van der Waals surface area contributed by atoms with E-state index in [0.29, 0.717) is 0 Å². The van der Waals surface area contributed by atoms with Gasteiger partial charge in [0.15, 0.2) is 5.58 Å². The summed E-state index contributed by atoms with van der Waals surface area (Å²) in [5, 5.41) is 6.76. The minimum Gasteiger partial charge on any atom is -0.453 e. The first-order valence-corrected chi connectivity index (χ1v) is 19.5. The normalized spacial score (nSPS) is 12.4. The van der Waals surface area contributed by atoms with Gasteiger partial charge in [0.25, 0.3) is 0 Å². The van der Waals surface area contributed by atoms with E-state index in [1.165, 1.54) is 49.8 Å². The van der Waals surface area contributed by atoms with Crippen molar-refractivity contribution in [2.75, 3.05) is 0 Å². The average Bonchev–Trinajstić information content (AvgIpc) is 4.04. The van der Waals surface area contributed by atoms with Gasteiger partial charge in [0.1, 0.15) is 5.58 Å². The predicted molar refractivity (Wildman–Crippen MR) is 233 cm³/mol. The maximum Gasteiger partial charge on any atom is 0.159 e. The number of benzene rings is 5. The molecule has 5 aromatic carbocycles. The molecule has 0 atom stereocenters. The molecule has 1 aliphatic carbocycles. The van der Waals surface area contributed by atoms with E-state index in [1.807, 2.05) is 49.6 Å². The van der Waals surface area contributed by atoms with Crippen LogP contribution in [0.25, 0.3) is 110 Å². The summed E-state index contributed by atoms with van der Waals surface area (Å²) in [6, 6.07) is 43.5. The van der Waals surface area contributed by atoms with Crippen molar-refractivity contribution in [2.24, 2.45) is 0 Å². The second-order valence-corrected chi connectivity index (χ2v) is 15.1. The van der Waals surface area contributed by atoms with Crippen molar-refractivity contribution in [3.8, 4) is 44.8 Å². The third-order valence-corrected chi connectivity index (χ3v) is 12.2. The number of hydrogen-bond donors (Lipinski definition) is 0. The van der Waals surface area contributed by atoms with Gasteiger partial charge in [-0.25, -0.2) is 0 Å². The molecule has 7 heterocycles. The van der Waals surface area contributed by atoms with Gasteiger partial charge in [0.2, 0.25) is 0 Å². The topological polar surface area (TPSA) is 74.6 Å². The van der Waals surface area contributed by atoms with E-state index >= 15 is 0 Å². The van der Waals surface area contributed by atoms with Crippen LogP contribution in [0.1, 0.15) is 11.1 Å². The Kier molecular flexibility index (Phi) is 6.37. The molecule has 0 aliphatic heterocycles. The number of pyridine rings is 4. The molecule has 0 unspecified atom stereocenters. The quantitative estimate of drug-likeness (QED) is 0.179. The van der Waals surface area contributed by atoms with Crippen molar-refractivity contribution in [2.45, 2.75) is 6.42 Å². The van der Waals surface area contributed by atoms with Gasteiger partial charge in [-0.3, -0.25) is 19.9 Å². The van der Waals surface area contributed by atoms with E-state index in [0.717, 1.165) is 78.0 Å². The van der Waals surface area contributed by atoms with Gasteiger partial charge in [-0.05, 0) is 81.4 Å². The van der Waals surface area contributed by atoms with E-state index in [1.54, 1.807) is 0 Å². The van der Waals surface area contributed by atoms with E-state index in [-0.39, 0.29) is 0 Å². The molecule has 0 saturated heterocycles. The molecule has 1 aliphatic rings. The maximum atomic E-state index is 6.99. The third kappa shape index (κ3) is 4.27. The van der Waals surface area contributed by atoms with Crippen LogP contribution in [0.2, 0.25) is 0 Å². The second kappa shape index (κ2) is 11.8. The molecule has 0 N–H and O–H groups in total. The minimum absolute atomic E-state index is 0.818. The van der Waals surface area contributed by atoms with Gasteiger partial charge in [-0.2, -0.15) is 0 Å². The Morgan fingerprint density at radius 3 is 1.47 bits per heavy atom. The largest absolute Gasteiger partial charge is 0.453 e. The highest BCUT2D eigenvalue weighted by Crippen LogP contribution is 2.46. The fourth-order valence-electron chi connectivity index (χ4n) is 9.71. The molecule has 12 aromatic rings. The van der Waals surface area contributed by atoms with Crippen LogP contribution in [0, 0.1) is 0 Å². The first kappa shape index (κ1) is 31.3. The highest BCUT2D eigenvalue weighted by Gasteiger charge is 2.27. The van der Waals surface area contributed by atoms with E-state index in [9.17, 15) is 0 Å². The van der Waals surface area contributed by atoms with Crippen LogP contribution in [0.5, 0.6) is 0 Å². The Morgan fingerprint density at radius 1 is 0.379 bits per heavy atom. The second-order valence-electron chi connectivity index (χ2n) is 15.1. The fraction of sp³-hybridized carbons (Fsp3) is 0.0196. The van der Waals surface area contributed by atoms with Gasteiger partial charge in [-0.1, -0.05) is 78.9 Å². The highest BCUT2D eigenvalue weighted by molar-refractivity contribution is 6.14. The third-order valence-electron chi connectivity index (χ3n) is 12.2. The first-order valence-electron chi connectivity index (χ1n) is 19.5. The van der Waals surface area contributed by atoms with Crippen LogP contribution < -0.4 is 0 Å². The van der Waals surface area contributed by atoms with Crippen molar-refractivity contribution in [3.63, 3.8) is 0 Å². The summed E-state index contributed by atoms with van der Waals surface area (Å²) in [5.74, 6) is 0. The van der Waals surface area contributed by atoms with Gasteiger partial charge in [0, 0.05) is 69.1 Å². The summed E-state index contributed by atoms with van der Waals surface area (Å²) in [6.45, 7) is 0. The Morgan fingerprint density at radius 2 is 0.828 bits per heavy atom. The molecule has 0 saturated carbocycles. The van der Waals surface area contributed by atoms with E-state index < -0.39 is 0 Å². The molecule has 7 heteroatoms. The van der Waals surface area contributed by atoms with Gasteiger partial charge in [-0.15, -0.1) is 0 Å². The Balaban J connectivity index is 0.945. The summed E-state index contributed by atoms with van der Waals surface area (Å²) in [4.78, 5) is 18.1. The number of nitrogens with zero attached hydrogens (tertiary/aromatic N) is 6. The molecule has 0 radical (unpaired) electrons. The molecule has 0 bridgehead atoms. The van der Waals surface area contributed by atoms with E-state index in [2.05, 4.69) is 150 Å². The number of rotatable bonds is 4. The van der Waals surface area contributed by atoms with Crippen molar-refractivity contribution in [1.29, 1.82) is 0 Å². The molecule has 7 nitrogen and oxygen atoms in total. The molecule has 0 fully saturated rings. The Hall–Kier alpha value is -7.90. The van der Waals surface area contributed by atoms with Crippen molar-refractivity contribution in [3.05, 3.63) is 182 Å². The van der Waals surface area contributed by atoms with Crippen molar-refractivity contribution in [1.82, 2.24) is 29.1 Å². The van der Waals surface area contributed by atoms with Crippen LogP contribution in [-0.2, 0) is 6.42 Å². The summed E-state index contributed by atoms with van der Waals surface area (Å²) in [6.07, 6.45) is 16.0. The van der Waals surface area contributed by atoms with Gasteiger partial charge >= 0.3 is 0 Å². The standard InChI is InChI=1S/C51H30N6O/c1-6-30(32-8-2-10-34-35-11-4-14-44(43(35)25-42(32)34)56-46-26-52-20-16-36(46)37-17-21-53-27-47(37)56)24-31(7-1)33-9-3-12-40-41-13-5-15-45(51(41)58-50(33)40)57-48-28-54-22-18-38(48)39-19-23-55-29-49(39)57/h1-24,26-29H,25H2. The van der Waals surface area contributed by atoms with Crippen molar-refractivity contribution < 1.29 is 4.42 Å². The molecule has 0 amide bonds. The average molecular weight is 743 g/mol. The molecular formula is C51H30N6O. The SMILES string of the molecule is c1cc(-c2cccc3c2Cc2c-3cccc2-n2c3cnccc3c3ccncc32)cc(-c2cccc3c2oc2c(-n4c5cnccc5c5ccncc54)cccc23)c1. The van der Waals surface area contributed by atoms with Gasteiger partial charge in [0.05, 0.1) is 58.2 Å². The lowest BCUT2D eigenvalue weighted by Gasteiger charge is -2.13.